The van der Waals surface area contributed by atoms with E-state index in [9.17, 15) is 9.59 Å². The molecule has 8 nitrogen and oxygen atoms in total. The number of carbonyl (C=O) groups excluding carboxylic acids is 2. The molecule has 1 fully saturated rings. The Kier molecular flexibility index (Phi) is 6.27. The summed E-state index contributed by atoms with van der Waals surface area (Å²) in [4.78, 5) is 28.8. The number of fused-ring (bicyclic) bond motifs is 1. The lowest BCUT2D eigenvalue weighted by atomic mass is 10.0. The first-order valence-electron chi connectivity index (χ1n) is 10.4. The molecule has 4 rings (SSSR count). The van der Waals surface area contributed by atoms with Gasteiger partial charge in [-0.3, -0.25) is 14.5 Å². The van der Waals surface area contributed by atoms with E-state index in [0.29, 0.717) is 50.0 Å². The van der Waals surface area contributed by atoms with Gasteiger partial charge in [-0.15, -0.1) is 0 Å². The third kappa shape index (κ3) is 4.74. The number of carbonyl (C=O) groups is 2. The van der Waals surface area contributed by atoms with Crippen LogP contribution in [-0.2, 0) is 9.59 Å². The minimum absolute atomic E-state index is 0.0104. The number of hydrogen-bond donors (Lipinski definition) is 1. The molecule has 2 heterocycles. The summed E-state index contributed by atoms with van der Waals surface area (Å²) in [5, 5.41) is 2.93. The monoisotopic (exact) mass is 425 g/mol. The van der Waals surface area contributed by atoms with Crippen molar-refractivity contribution < 1.29 is 23.8 Å². The Balaban J connectivity index is 1.44. The molecule has 0 aliphatic carbocycles. The van der Waals surface area contributed by atoms with Crippen LogP contribution >= 0.6 is 0 Å². The highest BCUT2D eigenvalue weighted by atomic mass is 16.6. The summed E-state index contributed by atoms with van der Waals surface area (Å²) in [5.74, 6) is 1.95. The molecule has 0 radical (unpaired) electrons. The normalized spacial score (nSPS) is 18.4. The third-order valence-electron chi connectivity index (χ3n) is 5.56. The number of nitrogens with zero attached hydrogens (tertiary/aromatic N) is 2. The largest absolute Gasteiger partial charge is 0.496 e. The van der Waals surface area contributed by atoms with E-state index in [1.165, 1.54) is 0 Å². The van der Waals surface area contributed by atoms with Gasteiger partial charge < -0.3 is 24.4 Å². The first-order chi connectivity index (χ1) is 15.0. The van der Waals surface area contributed by atoms with Crippen LogP contribution in [0.5, 0.6) is 17.2 Å². The van der Waals surface area contributed by atoms with E-state index in [2.05, 4.69) is 10.2 Å². The number of anilines is 1. The lowest BCUT2D eigenvalue weighted by Gasteiger charge is -2.41. The van der Waals surface area contributed by atoms with Crippen LogP contribution in [0.4, 0.5) is 5.69 Å². The molecule has 0 saturated carbocycles. The molecule has 1 atom stereocenters. The van der Waals surface area contributed by atoms with E-state index in [4.69, 9.17) is 14.2 Å². The number of methoxy groups -OCH3 is 1. The smallest absolute Gasteiger partial charge is 0.238 e. The molecule has 0 bridgehead atoms. The first-order valence-corrected chi connectivity index (χ1v) is 10.4. The maximum absolute atomic E-state index is 12.7. The number of amides is 2. The van der Waals surface area contributed by atoms with Gasteiger partial charge in [-0.05, 0) is 18.2 Å². The molecular formula is C23H27N3O5. The molecule has 2 aliphatic rings. The standard InChI is InChI=1S/C23H27N3O5/c1-16(27)26-10-9-25(14-19(26)18-5-3-4-6-20(18)29-2)15-23(28)24-17-7-8-21-22(13-17)31-12-11-30-21/h3-8,13,19H,9-12,14-15H2,1-2H3,(H,24,28)/t19-/m0/s1. The van der Waals surface area contributed by atoms with Gasteiger partial charge in [0.15, 0.2) is 11.5 Å². The molecule has 31 heavy (non-hydrogen) atoms. The Morgan fingerprint density at radius 1 is 1.10 bits per heavy atom. The van der Waals surface area contributed by atoms with E-state index in [-0.39, 0.29) is 24.4 Å². The second-order valence-corrected chi connectivity index (χ2v) is 7.61. The number of rotatable bonds is 5. The molecule has 2 amide bonds. The summed E-state index contributed by atoms with van der Waals surface area (Å²) in [6.45, 7) is 4.55. The van der Waals surface area contributed by atoms with E-state index >= 15 is 0 Å². The second-order valence-electron chi connectivity index (χ2n) is 7.61. The molecule has 164 valence electrons. The Hall–Kier alpha value is -3.26. The van der Waals surface area contributed by atoms with Crippen LogP contribution in [0.25, 0.3) is 0 Å². The van der Waals surface area contributed by atoms with Crippen molar-refractivity contribution in [2.75, 3.05) is 51.8 Å². The van der Waals surface area contributed by atoms with Crippen molar-refractivity contribution in [2.24, 2.45) is 0 Å². The van der Waals surface area contributed by atoms with Crippen LogP contribution in [0.15, 0.2) is 42.5 Å². The van der Waals surface area contributed by atoms with Crippen LogP contribution in [0, 0.1) is 0 Å². The summed E-state index contributed by atoms with van der Waals surface area (Å²) >= 11 is 0. The average molecular weight is 425 g/mol. The molecule has 2 aliphatic heterocycles. The highest BCUT2D eigenvalue weighted by Crippen LogP contribution is 2.33. The Morgan fingerprint density at radius 3 is 2.65 bits per heavy atom. The molecule has 0 spiro atoms. The topological polar surface area (TPSA) is 80.3 Å². The van der Waals surface area contributed by atoms with Crippen LogP contribution in [0.1, 0.15) is 18.5 Å². The van der Waals surface area contributed by atoms with Gasteiger partial charge in [-0.25, -0.2) is 0 Å². The van der Waals surface area contributed by atoms with Crippen molar-refractivity contribution in [2.45, 2.75) is 13.0 Å². The van der Waals surface area contributed by atoms with Crippen LogP contribution in [0.2, 0.25) is 0 Å². The number of ether oxygens (including phenoxy) is 3. The predicted molar refractivity (Wildman–Crippen MR) is 116 cm³/mol. The maximum atomic E-state index is 12.7. The van der Waals surface area contributed by atoms with E-state index in [1.54, 1.807) is 32.2 Å². The Labute approximate surface area is 181 Å². The van der Waals surface area contributed by atoms with Gasteiger partial charge >= 0.3 is 0 Å². The average Bonchev–Trinajstić information content (AvgIpc) is 2.78. The van der Waals surface area contributed by atoms with E-state index in [0.717, 1.165) is 11.3 Å². The lowest BCUT2D eigenvalue weighted by molar-refractivity contribution is -0.134. The van der Waals surface area contributed by atoms with Crippen LogP contribution < -0.4 is 19.5 Å². The summed E-state index contributed by atoms with van der Waals surface area (Å²) in [7, 11) is 1.62. The van der Waals surface area contributed by atoms with Gasteiger partial charge in [-0.1, -0.05) is 18.2 Å². The molecular weight excluding hydrogens is 398 g/mol. The van der Waals surface area contributed by atoms with E-state index in [1.807, 2.05) is 29.2 Å². The fourth-order valence-corrected chi connectivity index (χ4v) is 4.09. The fourth-order valence-electron chi connectivity index (χ4n) is 4.09. The number of para-hydroxylation sites is 1. The van der Waals surface area contributed by atoms with Crippen molar-refractivity contribution >= 4 is 17.5 Å². The zero-order valence-corrected chi connectivity index (χ0v) is 17.8. The Morgan fingerprint density at radius 2 is 1.87 bits per heavy atom. The van der Waals surface area contributed by atoms with Crippen LogP contribution in [-0.4, -0.2) is 68.1 Å². The quantitative estimate of drug-likeness (QED) is 0.792. The second kappa shape index (κ2) is 9.26. The molecule has 0 aromatic heterocycles. The number of benzene rings is 2. The SMILES string of the molecule is COc1ccccc1[C@@H]1CN(CC(=O)Nc2ccc3c(c2)OCCO3)CCN1C(C)=O. The van der Waals surface area contributed by atoms with Crippen molar-refractivity contribution in [1.82, 2.24) is 9.80 Å². The highest BCUT2D eigenvalue weighted by Gasteiger charge is 2.32. The maximum Gasteiger partial charge on any atom is 0.238 e. The number of piperazine rings is 1. The zero-order valence-electron chi connectivity index (χ0n) is 17.8. The van der Waals surface area contributed by atoms with E-state index < -0.39 is 0 Å². The predicted octanol–water partition coefficient (Wildman–Crippen LogP) is 2.31. The molecule has 2 aromatic rings. The summed E-state index contributed by atoms with van der Waals surface area (Å²) in [6.07, 6.45) is 0. The summed E-state index contributed by atoms with van der Waals surface area (Å²) < 4.78 is 16.6. The van der Waals surface area contributed by atoms with Gasteiger partial charge in [0.2, 0.25) is 11.8 Å². The van der Waals surface area contributed by atoms with Crippen molar-refractivity contribution in [3.05, 3.63) is 48.0 Å². The lowest BCUT2D eigenvalue weighted by Crippen LogP contribution is -2.51. The van der Waals surface area contributed by atoms with Crippen molar-refractivity contribution in [3.8, 4) is 17.2 Å². The molecule has 8 heteroatoms. The van der Waals surface area contributed by atoms with Gasteiger partial charge in [0, 0.05) is 43.9 Å². The third-order valence-corrected chi connectivity index (χ3v) is 5.56. The van der Waals surface area contributed by atoms with Crippen molar-refractivity contribution in [1.29, 1.82) is 0 Å². The summed E-state index contributed by atoms with van der Waals surface area (Å²) in [6, 6.07) is 12.9. The summed E-state index contributed by atoms with van der Waals surface area (Å²) in [5.41, 5.74) is 1.61. The highest BCUT2D eigenvalue weighted by molar-refractivity contribution is 5.92. The van der Waals surface area contributed by atoms with Crippen molar-refractivity contribution in [3.63, 3.8) is 0 Å². The van der Waals surface area contributed by atoms with Gasteiger partial charge in [0.1, 0.15) is 19.0 Å². The zero-order chi connectivity index (χ0) is 21.8. The van der Waals surface area contributed by atoms with Gasteiger partial charge in [-0.2, -0.15) is 0 Å². The molecule has 2 aromatic carbocycles. The van der Waals surface area contributed by atoms with Gasteiger partial charge in [0.25, 0.3) is 0 Å². The fraction of sp³-hybridized carbons (Fsp3) is 0.391. The molecule has 1 saturated heterocycles. The Bertz CT molecular complexity index is 964. The first kappa shape index (κ1) is 21.0. The minimum atomic E-state index is -0.176. The molecule has 1 N–H and O–H groups in total. The number of hydrogen-bond acceptors (Lipinski definition) is 6. The molecule has 0 unspecified atom stereocenters. The van der Waals surface area contributed by atoms with Crippen LogP contribution in [0.3, 0.4) is 0 Å². The van der Waals surface area contributed by atoms with Gasteiger partial charge in [0.05, 0.1) is 19.7 Å². The number of nitrogens with one attached hydrogen (secondary N) is 1. The minimum Gasteiger partial charge on any atom is -0.496 e.